The smallest absolute Gasteiger partial charge is 0.00987 e. The number of hydrogen-bond donors (Lipinski definition) is 0. The van der Waals surface area contributed by atoms with E-state index in [2.05, 4.69) is 231 Å². The van der Waals surface area contributed by atoms with Crippen molar-refractivity contribution in [2.45, 2.75) is 25.7 Å². The van der Waals surface area contributed by atoms with Crippen molar-refractivity contribution >= 4 is 132 Å². The molecule has 334 valence electrons. The number of benzene rings is 14. The minimum absolute atomic E-state index is 1.11. The first kappa shape index (κ1) is 39.9. The van der Waals surface area contributed by atoms with Crippen LogP contribution in [-0.2, 0) is 0 Å². The molecule has 72 heavy (non-hydrogen) atoms. The number of rotatable bonds is 3. The van der Waals surface area contributed by atoms with Crippen LogP contribution in [0.3, 0.4) is 0 Å². The third kappa shape index (κ3) is 5.93. The van der Waals surface area contributed by atoms with Crippen molar-refractivity contribution in [3.05, 3.63) is 227 Å². The van der Waals surface area contributed by atoms with Gasteiger partial charge in [-0.05, 0) is 236 Å². The van der Waals surface area contributed by atoms with Crippen molar-refractivity contribution in [2.24, 2.45) is 0 Å². The van der Waals surface area contributed by atoms with Crippen LogP contribution in [0.4, 0.5) is 0 Å². The Morgan fingerprint density at radius 2 is 0.417 bits per heavy atom. The second-order valence-corrected chi connectivity index (χ2v) is 20.4. The zero-order valence-corrected chi connectivity index (χ0v) is 39.8. The van der Waals surface area contributed by atoms with E-state index in [0.29, 0.717) is 0 Å². The van der Waals surface area contributed by atoms with Crippen LogP contribution in [0, 0.1) is 0 Å². The highest BCUT2D eigenvalue weighted by Gasteiger charge is 2.17. The highest BCUT2D eigenvalue weighted by atomic mass is 14.2. The molecule has 0 saturated heterocycles. The van der Waals surface area contributed by atoms with Crippen LogP contribution in [0.15, 0.2) is 206 Å². The van der Waals surface area contributed by atoms with Crippen molar-refractivity contribution in [1.82, 2.24) is 0 Å². The molecule has 14 aromatic carbocycles. The number of fused-ring (bicyclic) bond motifs is 16. The van der Waals surface area contributed by atoms with Crippen LogP contribution < -0.4 is 20.9 Å². The first-order valence-electron chi connectivity index (χ1n) is 25.8. The fraction of sp³-hybridized carbons (Fsp3) is 0.0556. The lowest BCUT2D eigenvalue weighted by Gasteiger charge is -2.16. The molecule has 14 aromatic rings. The van der Waals surface area contributed by atoms with Gasteiger partial charge in [-0.1, -0.05) is 182 Å². The molecule has 0 N–H and O–H groups in total. The fourth-order valence-corrected chi connectivity index (χ4v) is 13.2. The quantitative estimate of drug-likeness (QED) is 0.122. The van der Waals surface area contributed by atoms with Crippen LogP contribution >= 0.6 is 0 Å². The van der Waals surface area contributed by atoms with Gasteiger partial charge >= 0.3 is 0 Å². The molecule has 0 atom stereocenters. The lowest BCUT2D eigenvalue weighted by Crippen LogP contribution is -2.26. The molecule has 2 aliphatic rings. The minimum atomic E-state index is 1.11. The second kappa shape index (κ2) is 15.3. The van der Waals surface area contributed by atoms with Gasteiger partial charge in [0.25, 0.3) is 0 Å². The number of hydrogen-bond acceptors (Lipinski definition) is 0. The van der Waals surface area contributed by atoms with Gasteiger partial charge in [-0.3, -0.25) is 0 Å². The van der Waals surface area contributed by atoms with Crippen molar-refractivity contribution in [3.63, 3.8) is 0 Å². The van der Waals surface area contributed by atoms with E-state index >= 15 is 0 Å². The van der Waals surface area contributed by atoms with Crippen LogP contribution in [0.1, 0.15) is 25.7 Å². The van der Waals surface area contributed by atoms with E-state index in [9.17, 15) is 0 Å². The Morgan fingerprint density at radius 3 is 0.764 bits per heavy atom. The average Bonchev–Trinajstić information content (AvgIpc) is 3.44. The predicted octanol–water partition coefficient (Wildman–Crippen LogP) is 16.9. The SMILES string of the molecule is C1=c2cc3ccc4c(-c5cccc6cc7c(ccc8c(-c9cccc%10c9ccc9cc%11c(-c%12cccc%13c%12ccc%12cc%14c(cc%12%13)=CCCC=%14)cccc%11cc9%10)cccc87)cc56)cccc4c3cc2=CCC1. The van der Waals surface area contributed by atoms with E-state index in [1.165, 1.54) is 162 Å². The zero-order chi connectivity index (χ0) is 47.0. The molecule has 0 radical (unpaired) electrons. The monoisotopic (exact) mass is 910 g/mol. The van der Waals surface area contributed by atoms with Gasteiger partial charge in [0.1, 0.15) is 0 Å². The minimum Gasteiger partial charge on any atom is -0.0763 e. The molecule has 0 heteroatoms. The highest BCUT2D eigenvalue weighted by Crippen LogP contribution is 2.44. The molecule has 0 saturated carbocycles. The maximum Gasteiger partial charge on any atom is -0.00987 e. The van der Waals surface area contributed by atoms with Crippen LogP contribution in [0.25, 0.3) is 165 Å². The molecule has 0 aliphatic heterocycles. The maximum atomic E-state index is 2.43. The maximum absolute atomic E-state index is 2.43. The third-order valence-corrected chi connectivity index (χ3v) is 16.6. The van der Waals surface area contributed by atoms with Crippen LogP contribution in [0.2, 0.25) is 0 Å². The molecule has 0 spiro atoms. The van der Waals surface area contributed by atoms with Gasteiger partial charge in [0.2, 0.25) is 0 Å². The van der Waals surface area contributed by atoms with Crippen LogP contribution in [-0.4, -0.2) is 0 Å². The lowest BCUT2D eigenvalue weighted by molar-refractivity contribution is 1.12. The Hall–Kier alpha value is -8.84. The molecule has 0 aromatic heterocycles. The largest absolute Gasteiger partial charge is 0.0763 e. The molecular formula is C72H46. The van der Waals surface area contributed by atoms with E-state index in [1.807, 2.05) is 0 Å². The summed E-state index contributed by atoms with van der Waals surface area (Å²) >= 11 is 0. The first-order valence-corrected chi connectivity index (χ1v) is 25.8. The van der Waals surface area contributed by atoms with Gasteiger partial charge in [-0.15, -0.1) is 0 Å². The summed E-state index contributed by atoms with van der Waals surface area (Å²) in [6.45, 7) is 0. The normalized spacial score (nSPS) is 13.5. The van der Waals surface area contributed by atoms with E-state index in [1.54, 1.807) is 0 Å². The summed E-state index contributed by atoms with van der Waals surface area (Å²) in [5.41, 5.74) is 7.63. The molecule has 0 fully saturated rings. The van der Waals surface area contributed by atoms with Gasteiger partial charge in [0, 0.05) is 0 Å². The molecule has 0 heterocycles. The summed E-state index contributed by atoms with van der Waals surface area (Å²) in [5, 5.41) is 31.2. The van der Waals surface area contributed by atoms with Crippen molar-refractivity contribution < 1.29 is 0 Å². The van der Waals surface area contributed by atoms with Gasteiger partial charge in [0.15, 0.2) is 0 Å². The Bertz CT molecular complexity index is 4710. The standard InChI is InChI=1S/C72H46/c1-3-13-45-37-67-49(35-43(45)11-1)27-31-65-55(21-9-23-59(65)67)57-17-5-15-47-39-71-51(41-69(47)57)29-33-63-53(19-7-25-61(63)71)54-20-8-26-62-64(54)34-30-52-42-70-48(40-72(52)62)16-6-18-58(70)56-22-10-24-60-66(56)32-28-50-36-44-12-2-4-14-46(44)38-68(50)60/h5-42H,1-4H2. The van der Waals surface area contributed by atoms with E-state index in [0.717, 1.165) is 25.7 Å². The molecule has 0 bridgehead atoms. The van der Waals surface area contributed by atoms with Crippen molar-refractivity contribution in [2.75, 3.05) is 0 Å². The second-order valence-electron chi connectivity index (χ2n) is 20.4. The van der Waals surface area contributed by atoms with Crippen molar-refractivity contribution in [1.29, 1.82) is 0 Å². The molecular weight excluding hydrogens is 865 g/mol. The Morgan fingerprint density at radius 1 is 0.167 bits per heavy atom. The summed E-state index contributed by atoms with van der Waals surface area (Å²) in [7, 11) is 0. The zero-order valence-electron chi connectivity index (χ0n) is 39.8. The van der Waals surface area contributed by atoms with E-state index < -0.39 is 0 Å². The predicted molar refractivity (Wildman–Crippen MR) is 313 cm³/mol. The Kier molecular flexibility index (Phi) is 8.50. The van der Waals surface area contributed by atoms with Crippen LogP contribution in [0.5, 0.6) is 0 Å². The summed E-state index contributed by atoms with van der Waals surface area (Å²) < 4.78 is 0. The molecule has 2 aliphatic carbocycles. The average molecular weight is 911 g/mol. The van der Waals surface area contributed by atoms with Gasteiger partial charge in [0.05, 0.1) is 0 Å². The molecule has 0 nitrogen and oxygen atoms in total. The van der Waals surface area contributed by atoms with E-state index in [4.69, 9.17) is 0 Å². The molecule has 0 amide bonds. The topological polar surface area (TPSA) is 0 Å². The van der Waals surface area contributed by atoms with Gasteiger partial charge in [-0.2, -0.15) is 0 Å². The third-order valence-electron chi connectivity index (χ3n) is 16.6. The summed E-state index contributed by atoms with van der Waals surface area (Å²) in [6.07, 6.45) is 14.0. The molecule has 16 rings (SSSR count). The fourth-order valence-electron chi connectivity index (χ4n) is 13.2. The van der Waals surface area contributed by atoms with Gasteiger partial charge in [-0.25, -0.2) is 0 Å². The first-order chi connectivity index (χ1) is 35.7. The van der Waals surface area contributed by atoms with Gasteiger partial charge < -0.3 is 0 Å². The summed E-state index contributed by atoms with van der Waals surface area (Å²) in [6, 6.07) is 79.1. The van der Waals surface area contributed by atoms with Crippen molar-refractivity contribution in [3.8, 4) is 33.4 Å². The molecule has 0 unspecified atom stereocenters. The van der Waals surface area contributed by atoms with E-state index in [-0.39, 0.29) is 0 Å². The summed E-state index contributed by atoms with van der Waals surface area (Å²) in [4.78, 5) is 0. The summed E-state index contributed by atoms with van der Waals surface area (Å²) in [5.74, 6) is 0. The Balaban J connectivity index is 0.814. The Labute approximate surface area is 416 Å². The lowest BCUT2D eigenvalue weighted by atomic mass is 9.88. The highest BCUT2D eigenvalue weighted by molar-refractivity contribution is 6.23.